The summed E-state index contributed by atoms with van der Waals surface area (Å²) in [5, 5.41) is 21.4. The molecule has 0 heterocycles. The lowest BCUT2D eigenvalue weighted by Crippen LogP contribution is -2.16. The van der Waals surface area contributed by atoms with Crippen molar-refractivity contribution in [3.63, 3.8) is 0 Å². The molecule has 1 amide bonds. The van der Waals surface area contributed by atoms with E-state index in [4.69, 9.17) is 4.74 Å². The molecule has 132 valence electrons. The fourth-order valence-electron chi connectivity index (χ4n) is 2.17. The Hall–Kier alpha value is -3.79. The van der Waals surface area contributed by atoms with Crippen LogP contribution in [0, 0.1) is 11.3 Å². The van der Waals surface area contributed by atoms with E-state index in [0.29, 0.717) is 5.56 Å². The summed E-state index contributed by atoms with van der Waals surface area (Å²) in [6.07, 6.45) is 1.35. The minimum atomic E-state index is -0.684. The number of phenols is 1. The highest BCUT2D eigenvalue weighted by atomic mass is 16.5. The van der Waals surface area contributed by atoms with E-state index in [0.717, 1.165) is 0 Å². The Morgan fingerprint density at radius 3 is 2.58 bits per heavy atom. The highest BCUT2D eigenvalue weighted by Crippen LogP contribution is 2.27. The van der Waals surface area contributed by atoms with Crippen molar-refractivity contribution >= 4 is 23.6 Å². The second-order valence-electron chi connectivity index (χ2n) is 5.09. The number of nitriles is 1. The summed E-state index contributed by atoms with van der Waals surface area (Å²) in [5.41, 5.74) is 0.714. The molecule has 7 heteroatoms. The van der Waals surface area contributed by atoms with Gasteiger partial charge in [-0.05, 0) is 35.9 Å². The first-order valence-electron chi connectivity index (χ1n) is 7.47. The highest BCUT2D eigenvalue weighted by Gasteiger charge is 2.16. The first-order valence-corrected chi connectivity index (χ1v) is 7.47. The lowest BCUT2D eigenvalue weighted by molar-refractivity contribution is -0.112. The Balaban J connectivity index is 2.31. The summed E-state index contributed by atoms with van der Waals surface area (Å²) in [5.74, 6) is -1.13. The highest BCUT2D eigenvalue weighted by molar-refractivity contribution is 6.12. The normalized spacial score (nSPS) is 10.6. The number of methoxy groups -OCH3 is 2. The topological polar surface area (TPSA) is 109 Å². The molecule has 7 nitrogen and oxygen atoms in total. The molecule has 2 aromatic carbocycles. The van der Waals surface area contributed by atoms with Crippen molar-refractivity contribution in [3.05, 3.63) is 59.2 Å². The van der Waals surface area contributed by atoms with Crippen molar-refractivity contribution in [1.82, 2.24) is 0 Å². The van der Waals surface area contributed by atoms with Gasteiger partial charge in [-0.1, -0.05) is 18.2 Å². The van der Waals surface area contributed by atoms with Gasteiger partial charge in [-0.25, -0.2) is 4.79 Å². The third-order valence-electron chi connectivity index (χ3n) is 3.46. The average molecular weight is 352 g/mol. The van der Waals surface area contributed by atoms with E-state index in [-0.39, 0.29) is 28.3 Å². The van der Waals surface area contributed by atoms with Crippen molar-refractivity contribution in [3.8, 4) is 17.6 Å². The van der Waals surface area contributed by atoms with Gasteiger partial charge in [0.05, 0.1) is 25.5 Å². The smallest absolute Gasteiger partial charge is 0.339 e. The Bertz CT molecular complexity index is 912. The molecule has 2 aromatic rings. The Morgan fingerprint density at radius 1 is 1.19 bits per heavy atom. The molecule has 0 aliphatic carbocycles. The van der Waals surface area contributed by atoms with Gasteiger partial charge in [0.15, 0.2) is 11.5 Å². The molecular formula is C19H16N2O5. The second-order valence-corrected chi connectivity index (χ2v) is 5.09. The number of aromatic hydroxyl groups is 1. The van der Waals surface area contributed by atoms with Crippen LogP contribution in [0.4, 0.5) is 5.69 Å². The molecule has 0 saturated heterocycles. The van der Waals surface area contributed by atoms with E-state index >= 15 is 0 Å². The number of benzene rings is 2. The standard InChI is InChI=1S/C19H16N2O5/c1-25-17-10-12(7-8-16(17)22)9-13(11-20)18(23)21-15-6-4-3-5-14(15)19(24)26-2/h3-10,22H,1-2H3,(H,21,23)/b13-9+. The van der Waals surface area contributed by atoms with E-state index in [2.05, 4.69) is 10.1 Å². The third-order valence-corrected chi connectivity index (χ3v) is 3.46. The number of carbonyl (C=O) groups is 2. The van der Waals surface area contributed by atoms with Gasteiger partial charge < -0.3 is 19.9 Å². The Labute approximate surface area is 150 Å². The maximum absolute atomic E-state index is 12.4. The summed E-state index contributed by atoms with van der Waals surface area (Å²) >= 11 is 0. The molecule has 0 spiro atoms. The number of phenolic OH excluding ortho intramolecular Hbond substituents is 1. The summed E-state index contributed by atoms with van der Waals surface area (Å²) in [6.45, 7) is 0. The third kappa shape index (κ3) is 4.19. The summed E-state index contributed by atoms with van der Waals surface area (Å²) < 4.78 is 9.67. The summed E-state index contributed by atoms with van der Waals surface area (Å²) in [7, 11) is 2.63. The van der Waals surface area contributed by atoms with Crippen LogP contribution in [0.5, 0.6) is 11.5 Å². The van der Waals surface area contributed by atoms with Crippen molar-refractivity contribution < 1.29 is 24.2 Å². The molecule has 2 N–H and O–H groups in total. The fraction of sp³-hybridized carbons (Fsp3) is 0.105. The molecule has 0 aliphatic heterocycles. The van der Waals surface area contributed by atoms with Gasteiger partial charge >= 0.3 is 5.97 Å². The average Bonchev–Trinajstić information content (AvgIpc) is 2.66. The SMILES string of the molecule is COC(=O)c1ccccc1NC(=O)/C(C#N)=C/c1ccc(O)c(OC)c1. The summed E-state index contributed by atoms with van der Waals surface area (Å²) in [4.78, 5) is 24.2. The van der Waals surface area contributed by atoms with Gasteiger partial charge in [-0.2, -0.15) is 5.26 Å². The second kappa shape index (κ2) is 8.35. The van der Waals surface area contributed by atoms with Gasteiger partial charge in [0.1, 0.15) is 11.6 Å². The van der Waals surface area contributed by atoms with E-state index in [1.165, 1.54) is 50.6 Å². The zero-order chi connectivity index (χ0) is 19.1. The van der Waals surface area contributed by atoms with Crippen LogP contribution in [0.2, 0.25) is 0 Å². The van der Waals surface area contributed by atoms with Crippen LogP contribution in [-0.4, -0.2) is 31.2 Å². The molecule has 0 aromatic heterocycles. The molecule has 26 heavy (non-hydrogen) atoms. The number of hydrogen-bond donors (Lipinski definition) is 2. The van der Waals surface area contributed by atoms with Crippen molar-refractivity contribution in [1.29, 1.82) is 5.26 Å². The van der Waals surface area contributed by atoms with Crippen LogP contribution in [0.3, 0.4) is 0 Å². The van der Waals surface area contributed by atoms with E-state index in [1.807, 2.05) is 6.07 Å². The van der Waals surface area contributed by atoms with E-state index in [1.54, 1.807) is 12.1 Å². The van der Waals surface area contributed by atoms with Gasteiger partial charge in [-0.15, -0.1) is 0 Å². The molecular weight excluding hydrogens is 336 g/mol. The van der Waals surface area contributed by atoms with Crippen molar-refractivity contribution in [2.45, 2.75) is 0 Å². The van der Waals surface area contributed by atoms with Crippen LogP contribution < -0.4 is 10.1 Å². The minimum Gasteiger partial charge on any atom is -0.504 e. The number of rotatable bonds is 5. The number of esters is 1. The number of anilines is 1. The number of para-hydroxylation sites is 1. The number of nitrogens with one attached hydrogen (secondary N) is 1. The van der Waals surface area contributed by atoms with Crippen LogP contribution in [0.15, 0.2) is 48.0 Å². The maximum atomic E-state index is 12.4. The Kier molecular flexibility index (Phi) is 5.96. The minimum absolute atomic E-state index is 0.0559. The first-order chi connectivity index (χ1) is 12.5. The zero-order valence-corrected chi connectivity index (χ0v) is 14.1. The predicted molar refractivity (Wildman–Crippen MR) is 94.7 cm³/mol. The molecule has 0 aliphatic rings. The van der Waals surface area contributed by atoms with Crippen molar-refractivity contribution in [2.75, 3.05) is 19.5 Å². The number of hydrogen-bond acceptors (Lipinski definition) is 6. The van der Waals surface area contributed by atoms with Crippen LogP contribution in [0.1, 0.15) is 15.9 Å². The van der Waals surface area contributed by atoms with E-state index < -0.39 is 11.9 Å². The first kappa shape index (κ1) is 18.5. The Morgan fingerprint density at radius 2 is 1.92 bits per heavy atom. The van der Waals surface area contributed by atoms with Gasteiger partial charge in [0.25, 0.3) is 5.91 Å². The lowest BCUT2D eigenvalue weighted by Gasteiger charge is -2.09. The molecule has 0 atom stereocenters. The van der Waals surface area contributed by atoms with E-state index in [9.17, 15) is 20.0 Å². The maximum Gasteiger partial charge on any atom is 0.339 e. The van der Waals surface area contributed by atoms with Crippen LogP contribution in [-0.2, 0) is 9.53 Å². The molecule has 0 saturated carbocycles. The van der Waals surface area contributed by atoms with Gasteiger partial charge in [-0.3, -0.25) is 4.79 Å². The zero-order valence-electron chi connectivity index (χ0n) is 14.1. The number of amides is 1. The largest absolute Gasteiger partial charge is 0.504 e. The molecule has 0 unspecified atom stereocenters. The number of ether oxygens (including phenoxy) is 2. The number of nitrogens with zero attached hydrogens (tertiary/aromatic N) is 1. The van der Waals surface area contributed by atoms with Crippen LogP contribution >= 0.6 is 0 Å². The quantitative estimate of drug-likeness (QED) is 0.486. The molecule has 0 fully saturated rings. The predicted octanol–water partition coefficient (Wildman–Crippen LogP) is 2.73. The van der Waals surface area contributed by atoms with Gasteiger partial charge in [0.2, 0.25) is 0 Å². The lowest BCUT2D eigenvalue weighted by atomic mass is 10.1. The van der Waals surface area contributed by atoms with Gasteiger partial charge in [0, 0.05) is 0 Å². The number of carbonyl (C=O) groups excluding carboxylic acids is 2. The monoisotopic (exact) mass is 352 g/mol. The van der Waals surface area contributed by atoms with Crippen LogP contribution in [0.25, 0.3) is 6.08 Å². The molecule has 2 rings (SSSR count). The summed E-state index contributed by atoms with van der Waals surface area (Å²) in [6, 6.07) is 12.5. The van der Waals surface area contributed by atoms with Crippen molar-refractivity contribution in [2.24, 2.45) is 0 Å². The molecule has 0 radical (unpaired) electrons. The fourth-order valence-corrected chi connectivity index (χ4v) is 2.17. The molecule has 0 bridgehead atoms.